The largest absolute Gasteiger partial charge is 0.352 e. The van der Waals surface area contributed by atoms with E-state index in [1.165, 1.54) is 12.1 Å². The third kappa shape index (κ3) is 5.15. The lowest BCUT2D eigenvalue weighted by atomic mass is 10.1. The van der Waals surface area contributed by atoms with Crippen LogP contribution in [0.5, 0.6) is 0 Å². The summed E-state index contributed by atoms with van der Waals surface area (Å²) in [5.74, 6) is -0.323. The zero-order valence-electron chi connectivity index (χ0n) is 14.6. The Morgan fingerprint density at radius 2 is 1.73 bits per heavy atom. The Balaban J connectivity index is 1.51. The molecule has 0 heterocycles. The van der Waals surface area contributed by atoms with Gasteiger partial charge in [-0.1, -0.05) is 37.1 Å². The van der Waals surface area contributed by atoms with Crippen molar-refractivity contribution in [1.82, 2.24) is 5.32 Å². The molecular weight excluding hydrogens is 331 g/mol. The summed E-state index contributed by atoms with van der Waals surface area (Å²) in [6.45, 7) is 0.362. The molecule has 3 rings (SSSR count). The molecule has 0 bridgehead atoms. The predicted molar refractivity (Wildman–Crippen MR) is 99.0 cm³/mol. The highest BCUT2D eigenvalue weighted by Gasteiger charge is 2.22. The second-order valence-electron chi connectivity index (χ2n) is 6.75. The summed E-state index contributed by atoms with van der Waals surface area (Å²) in [5, 5.41) is 5.79. The first kappa shape index (κ1) is 18.1. The quantitative estimate of drug-likeness (QED) is 0.829. The number of anilines is 1. The van der Waals surface area contributed by atoms with E-state index in [2.05, 4.69) is 10.6 Å². The van der Waals surface area contributed by atoms with E-state index in [0.29, 0.717) is 12.1 Å². The minimum Gasteiger partial charge on any atom is -0.352 e. The molecule has 2 N–H and O–H groups in total. The van der Waals surface area contributed by atoms with E-state index >= 15 is 0 Å². The van der Waals surface area contributed by atoms with E-state index in [1.807, 2.05) is 24.3 Å². The van der Waals surface area contributed by atoms with Crippen molar-refractivity contribution >= 4 is 17.5 Å². The first-order valence-electron chi connectivity index (χ1n) is 9.01. The van der Waals surface area contributed by atoms with Crippen LogP contribution in [0.4, 0.5) is 10.1 Å². The van der Waals surface area contributed by atoms with E-state index in [9.17, 15) is 14.0 Å². The summed E-state index contributed by atoms with van der Waals surface area (Å²) in [5.41, 5.74) is 2.29. The molecule has 1 saturated carbocycles. The van der Waals surface area contributed by atoms with E-state index in [0.717, 1.165) is 36.9 Å². The smallest absolute Gasteiger partial charge is 0.227 e. The molecule has 1 aliphatic rings. The first-order valence-corrected chi connectivity index (χ1v) is 9.01. The average molecular weight is 354 g/mol. The molecule has 1 fully saturated rings. The summed E-state index contributed by atoms with van der Waals surface area (Å²) in [6, 6.07) is 13.5. The summed E-state index contributed by atoms with van der Waals surface area (Å²) in [4.78, 5) is 24.2. The lowest BCUT2D eigenvalue weighted by Crippen LogP contribution is -2.24. The fourth-order valence-electron chi connectivity index (χ4n) is 3.29. The molecule has 2 aromatic rings. The third-order valence-corrected chi connectivity index (χ3v) is 4.66. The van der Waals surface area contributed by atoms with Crippen molar-refractivity contribution in [3.63, 3.8) is 0 Å². The van der Waals surface area contributed by atoms with E-state index in [4.69, 9.17) is 0 Å². The fourth-order valence-corrected chi connectivity index (χ4v) is 3.29. The van der Waals surface area contributed by atoms with Crippen LogP contribution in [-0.2, 0) is 22.6 Å². The molecule has 2 amide bonds. The second kappa shape index (κ2) is 8.61. The maximum absolute atomic E-state index is 13.2. The Hall–Kier alpha value is -2.69. The average Bonchev–Trinajstić information content (AvgIpc) is 3.15. The molecule has 0 unspecified atom stereocenters. The monoisotopic (exact) mass is 354 g/mol. The minimum absolute atomic E-state index is 0.0785. The summed E-state index contributed by atoms with van der Waals surface area (Å²) < 4.78 is 13.2. The number of rotatable bonds is 6. The van der Waals surface area contributed by atoms with Gasteiger partial charge in [0, 0.05) is 18.2 Å². The van der Waals surface area contributed by atoms with Gasteiger partial charge in [0.2, 0.25) is 11.8 Å². The molecular formula is C21H23FN2O2. The Bertz CT molecular complexity index is 785. The number of carbonyl (C=O) groups excluding carboxylic acids is 2. The number of hydrogen-bond donors (Lipinski definition) is 2. The molecule has 0 aliphatic heterocycles. The normalized spacial score (nSPS) is 14.2. The molecule has 1 aliphatic carbocycles. The maximum Gasteiger partial charge on any atom is 0.227 e. The zero-order valence-corrected chi connectivity index (χ0v) is 14.6. The van der Waals surface area contributed by atoms with Crippen molar-refractivity contribution in [1.29, 1.82) is 0 Å². The number of carbonyl (C=O) groups is 2. The van der Waals surface area contributed by atoms with Crippen LogP contribution in [0, 0.1) is 11.7 Å². The molecule has 5 heteroatoms. The zero-order chi connectivity index (χ0) is 18.4. The summed E-state index contributed by atoms with van der Waals surface area (Å²) in [7, 11) is 0. The van der Waals surface area contributed by atoms with Crippen molar-refractivity contribution < 1.29 is 14.0 Å². The van der Waals surface area contributed by atoms with Gasteiger partial charge in [-0.05, 0) is 48.2 Å². The van der Waals surface area contributed by atoms with Gasteiger partial charge in [-0.2, -0.15) is 0 Å². The molecule has 0 radical (unpaired) electrons. The van der Waals surface area contributed by atoms with Crippen LogP contribution in [0.25, 0.3) is 0 Å². The second-order valence-corrected chi connectivity index (χ2v) is 6.75. The topological polar surface area (TPSA) is 58.2 Å². The first-order chi connectivity index (χ1) is 12.6. The number of benzene rings is 2. The highest BCUT2D eigenvalue weighted by Crippen LogP contribution is 2.26. The summed E-state index contributed by atoms with van der Waals surface area (Å²) in [6.07, 6.45) is 4.30. The Kier molecular flexibility index (Phi) is 6.00. The number of hydrogen-bond acceptors (Lipinski definition) is 2. The van der Waals surface area contributed by atoms with Crippen molar-refractivity contribution in [2.75, 3.05) is 5.32 Å². The highest BCUT2D eigenvalue weighted by molar-refractivity contribution is 5.92. The standard InChI is InChI=1S/C21H23FN2O2/c22-18-9-3-5-15(11-18)13-20(25)23-14-16-6-4-10-19(12-16)24-21(26)17-7-1-2-8-17/h3-6,9-12,17H,1-2,7-8,13-14H2,(H,23,25)(H,24,26). The van der Waals surface area contributed by atoms with Crippen LogP contribution in [0.3, 0.4) is 0 Å². The molecule has 0 saturated heterocycles. The number of nitrogens with one attached hydrogen (secondary N) is 2. The van der Waals surface area contributed by atoms with Gasteiger partial charge >= 0.3 is 0 Å². The minimum atomic E-state index is -0.346. The predicted octanol–water partition coefficient (Wildman–Crippen LogP) is 3.81. The molecule has 0 aromatic heterocycles. The summed E-state index contributed by atoms with van der Waals surface area (Å²) >= 11 is 0. The van der Waals surface area contributed by atoms with E-state index in [-0.39, 0.29) is 30.0 Å². The number of amides is 2. The van der Waals surface area contributed by atoms with Crippen molar-refractivity contribution in [2.45, 2.75) is 38.6 Å². The van der Waals surface area contributed by atoms with Gasteiger partial charge in [-0.15, -0.1) is 0 Å². The van der Waals surface area contributed by atoms with Crippen LogP contribution in [0.15, 0.2) is 48.5 Å². The van der Waals surface area contributed by atoms with Crippen LogP contribution in [0.1, 0.15) is 36.8 Å². The molecule has 2 aromatic carbocycles. The van der Waals surface area contributed by atoms with Crippen LogP contribution >= 0.6 is 0 Å². The molecule has 0 spiro atoms. The van der Waals surface area contributed by atoms with E-state index in [1.54, 1.807) is 12.1 Å². The molecule has 4 nitrogen and oxygen atoms in total. The van der Waals surface area contributed by atoms with Crippen LogP contribution in [-0.4, -0.2) is 11.8 Å². The van der Waals surface area contributed by atoms with Gasteiger partial charge in [0.1, 0.15) is 5.82 Å². The lowest BCUT2D eigenvalue weighted by molar-refractivity contribution is -0.121. The Morgan fingerprint density at radius 1 is 1.00 bits per heavy atom. The van der Waals surface area contributed by atoms with Gasteiger partial charge in [-0.3, -0.25) is 9.59 Å². The lowest BCUT2D eigenvalue weighted by Gasteiger charge is -2.12. The van der Waals surface area contributed by atoms with E-state index < -0.39 is 0 Å². The number of halogens is 1. The van der Waals surface area contributed by atoms with Crippen molar-refractivity contribution in [3.05, 3.63) is 65.5 Å². The Morgan fingerprint density at radius 3 is 2.50 bits per heavy atom. The molecule has 26 heavy (non-hydrogen) atoms. The third-order valence-electron chi connectivity index (χ3n) is 4.66. The Labute approximate surface area is 152 Å². The van der Waals surface area contributed by atoms with Crippen molar-refractivity contribution in [2.24, 2.45) is 5.92 Å². The van der Waals surface area contributed by atoms with Crippen molar-refractivity contribution in [3.8, 4) is 0 Å². The molecule has 0 atom stereocenters. The SMILES string of the molecule is O=C(Cc1cccc(F)c1)NCc1cccc(NC(=O)C2CCCC2)c1. The van der Waals surface area contributed by atoms with Gasteiger partial charge < -0.3 is 10.6 Å². The van der Waals surface area contributed by atoms with Crippen LogP contribution < -0.4 is 10.6 Å². The molecule has 136 valence electrons. The van der Waals surface area contributed by atoms with Gasteiger partial charge in [-0.25, -0.2) is 4.39 Å². The van der Waals surface area contributed by atoms with Gasteiger partial charge in [0.15, 0.2) is 0 Å². The van der Waals surface area contributed by atoms with Gasteiger partial charge in [0.05, 0.1) is 6.42 Å². The highest BCUT2D eigenvalue weighted by atomic mass is 19.1. The van der Waals surface area contributed by atoms with Crippen LogP contribution in [0.2, 0.25) is 0 Å². The fraction of sp³-hybridized carbons (Fsp3) is 0.333. The maximum atomic E-state index is 13.2. The van der Waals surface area contributed by atoms with Gasteiger partial charge in [0.25, 0.3) is 0 Å².